The van der Waals surface area contributed by atoms with E-state index in [1.165, 1.54) is 38.5 Å². The molecule has 29 heavy (non-hydrogen) atoms. The van der Waals surface area contributed by atoms with Crippen molar-refractivity contribution in [1.82, 2.24) is 0 Å². The number of hydrogen-bond donors (Lipinski definition) is 1. The smallest absolute Gasteiger partial charge is 0.159 e. The molecule has 0 radical (unpaired) electrons. The monoisotopic (exact) mass is 400 g/mol. The molecule has 7 atom stereocenters. The minimum Gasteiger partial charge on any atom is -0.385 e. The van der Waals surface area contributed by atoms with Gasteiger partial charge in [0.25, 0.3) is 0 Å². The average Bonchev–Trinajstić information content (AvgIpc) is 2.93. The Hall–Kier alpha value is -0.630. The van der Waals surface area contributed by atoms with Gasteiger partial charge in [0.05, 0.1) is 5.60 Å². The summed E-state index contributed by atoms with van der Waals surface area (Å²) in [4.78, 5) is 13.2. The second-order valence-electron chi connectivity index (χ2n) is 12.1. The second-order valence-corrected chi connectivity index (χ2v) is 12.1. The summed E-state index contributed by atoms with van der Waals surface area (Å²) in [5.74, 6) is 2.94. The van der Waals surface area contributed by atoms with Gasteiger partial charge in [-0.3, -0.25) is 4.79 Å². The Morgan fingerprint density at radius 3 is 2.48 bits per heavy atom. The van der Waals surface area contributed by atoms with Crippen LogP contribution in [0.4, 0.5) is 0 Å². The molecule has 0 amide bonds. The Balaban J connectivity index is 1.61. The standard InChI is InChI=1S/C27H44O2/c1-18(2)9-8-10-19(3)20-13-16-27(29)23-17-24(28)22-11-6-7-14-25(22,4)21(23)12-15-26(20,27)5/h17-22,29H,6-16H2,1-5H3/t19-,20-,21+,22-,25-,26-,27-/m1/s1. The number of allylic oxidation sites excluding steroid dienone is 1. The normalized spacial score (nSPS) is 45.4. The molecular formula is C27H44O2. The van der Waals surface area contributed by atoms with Gasteiger partial charge in [0.15, 0.2) is 5.78 Å². The van der Waals surface area contributed by atoms with Crippen LogP contribution >= 0.6 is 0 Å². The van der Waals surface area contributed by atoms with E-state index in [1.807, 2.05) is 6.08 Å². The van der Waals surface area contributed by atoms with E-state index in [2.05, 4.69) is 34.6 Å². The van der Waals surface area contributed by atoms with Crippen LogP contribution in [0.1, 0.15) is 105 Å². The largest absolute Gasteiger partial charge is 0.385 e. The maximum Gasteiger partial charge on any atom is 0.159 e. The van der Waals surface area contributed by atoms with Gasteiger partial charge in [-0.25, -0.2) is 0 Å². The minimum absolute atomic E-state index is 0.0648. The fraction of sp³-hybridized carbons (Fsp3) is 0.889. The van der Waals surface area contributed by atoms with E-state index in [0.717, 1.165) is 43.6 Å². The molecule has 0 aromatic rings. The summed E-state index contributed by atoms with van der Waals surface area (Å²) in [7, 11) is 0. The molecule has 164 valence electrons. The summed E-state index contributed by atoms with van der Waals surface area (Å²) in [6.45, 7) is 11.8. The SMILES string of the molecule is CC(C)CCC[C@@H](C)[C@H]1CC[C@@]2(O)C3=CC(=O)[C@H]4CCCC[C@]4(C)[C@H]3CC[C@]12C. The van der Waals surface area contributed by atoms with Crippen molar-refractivity contribution in [3.63, 3.8) is 0 Å². The summed E-state index contributed by atoms with van der Waals surface area (Å²) in [5.41, 5.74) is 0.407. The maximum atomic E-state index is 13.2. The topological polar surface area (TPSA) is 37.3 Å². The Labute approximate surface area is 178 Å². The van der Waals surface area contributed by atoms with Crippen LogP contribution in [-0.2, 0) is 4.79 Å². The molecule has 1 N–H and O–H groups in total. The highest BCUT2D eigenvalue weighted by Gasteiger charge is 2.65. The molecule has 0 aromatic heterocycles. The number of aliphatic hydroxyl groups is 1. The van der Waals surface area contributed by atoms with Crippen LogP contribution < -0.4 is 0 Å². The zero-order chi connectivity index (χ0) is 21.0. The molecule has 0 unspecified atom stereocenters. The molecule has 0 heterocycles. The summed E-state index contributed by atoms with van der Waals surface area (Å²) in [5, 5.41) is 12.2. The number of ketones is 1. The highest BCUT2D eigenvalue weighted by atomic mass is 16.3. The highest BCUT2D eigenvalue weighted by Crippen LogP contribution is 2.68. The number of rotatable bonds is 5. The number of fused-ring (bicyclic) bond motifs is 5. The summed E-state index contributed by atoms with van der Waals surface area (Å²) < 4.78 is 0. The Morgan fingerprint density at radius 1 is 1.00 bits per heavy atom. The van der Waals surface area contributed by atoms with E-state index in [1.54, 1.807) is 0 Å². The summed E-state index contributed by atoms with van der Waals surface area (Å²) in [6, 6.07) is 0. The van der Waals surface area contributed by atoms with Crippen molar-refractivity contribution in [3.05, 3.63) is 11.6 Å². The maximum absolute atomic E-state index is 13.2. The predicted molar refractivity (Wildman–Crippen MR) is 120 cm³/mol. The van der Waals surface area contributed by atoms with Crippen LogP contribution in [0.5, 0.6) is 0 Å². The van der Waals surface area contributed by atoms with E-state index in [-0.39, 0.29) is 16.7 Å². The van der Waals surface area contributed by atoms with Gasteiger partial charge in [0, 0.05) is 11.3 Å². The number of carbonyl (C=O) groups excluding carboxylic acids is 1. The summed E-state index contributed by atoms with van der Waals surface area (Å²) >= 11 is 0. The lowest BCUT2D eigenvalue weighted by atomic mass is 9.46. The van der Waals surface area contributed by atoms with Crippen molar-refractivity contribution in [2.45, 2.75) is 111 Å². The lowest BCUT2D eigenvalue weighted by Gasteiger charge is -2.59. The third-order valence-electron chi connectivity index (χ3n) is 10.2. The first-order valence-corrected chi connectivity index (χ1v) is 12.6. The molecule has 4 aliphatic rings. The molecular weight excluding hydrogens is 356 g/mol. The fourth-order valence-corrected chi connectivity index (χ4v) is 8.39. The van der Waals surface area contributed by atoms with Crippen molar-refractivity contribution in [2.24, 2.45) is 40.4 Å². The lowest BCUT2D eigenvalue weighted by molar-refractivity contribution is -0.136. The zero-order valence-electron chi connectivity index (χ0n) is 19.6. The molecule has 0 saturated heterocycles. The van der Waals surface area contributed by atoms with Crippen LogP contribution in [0.15, 0.2) is 11.6 Å². The van der Waals surface area contributed by atoms with Crippen molar-refractivity contribution < 1.29 is 9.90 Å². The first kappa shape index (κ1) is 21.6. The Kier molecular flexibility index (Phi) is 5.59. The van der Waals surface area contributed by atoms with Gasteiger partial charge >= 0.3 is 0 Å². The van der Waals surface area contributed by atoms with Crippen LogP contribution in [0.3, 0.4) is 0 Å². The van der Waals surface area contributed by atoms with Gasteiger partial charge in [0.1, 0.15) is 0 Å². The van der Waals surface area contributed by atoms with E-state index in [9.17, 15) is 9.90 Å². The molecule has 3 saturated carbocycles. The van der Waals surface area contributed by atoms with E-state index >= 15 is 0 Å². The minimum atomic E-state index is -0.756. The van der Waals surface area contributed by atoms with Gasteiger partial charge in [-0.05, 0) is 79.3 Å². The molecule has 0 aromatic carbocycles. The Morgan fingerprint density at radius 2 is 1.76 bits per heavy atom. The quantitative estimate of drug-likeness (QED) is 0.556. The first-order chi connectivity index (χ1) is 13.6. The molecule has 0 bridgehead atoms. The van der Waals surface area contributed by atoms with E-state index < -0.39 is 5.60 Å². The van der Waals surface area contributed by atoms with Gasteiger partial charge in [-0.15, -0.1) is 0 Å². The lowest BCUT2D eigenvalue weighted by Crippen LogP contribution is -2.58. The van der Waals surface area contributed by atoms with Crippen LogP contribution in [0.2, 0.25) is 0 Å². The van der Waals surface area contributed by atoms with E-state index in [4.69, 9.17) is 0 Å². The molecule has 4 rings (SSSR count). The molecule has 3 fully saturated rings. The first-order valence-electron chi connectivity index (χ1n) is 12.6. The summed E-state index contributed by atoms with van der Waals surface area (Å²) in [6.07, 6.45) is 14.8. The second kappa shape index (κ2) is 7.50. The van der Waals surface area contributed by atoms with E-state index in [0.29, 0.717) is 23.5 Å². The fourth-order valence-electron chi connectivity index (χ4n) is 8.39. The van der Waals surface area contributed by atoms with Crippen molar-refractivity contribution in [3.8, 4) is 0 Å². The van der Waals surface area contributed by atoms with Gasteiger partial charge in [-0.2, -0.15) is 0 Å². The Bertz CT molecular complexity index is 678. The van der Waals surface area contributed by atoms with Crippen LogP contribution in [-0.4, -0.2) is 16.5 Å². The van der Waals surface area contributed by atoms with Crippen molar-refractivity contribution in [1.29, 1.82) is 0 Å². The average molecular weight is 401 g/mol. The van der Waals surface area contributed by atoms with Crippen molar-refractivity contribution >= 4 is 5.78 Å². The van der Waals surface area contributed by atoms with Gasteiger partial charge in [0.2, 0.25) is 0 Å². The third-order valence-corrected chi connectivity index (χ3v) is 10.2. The van der Waals surface area contributed by atoms with Crippen LogP contribution in [0.25, 0.3) is 0 Å². The zero-order valence-corrected chi connectivity index (χ0v) is 19.6. The molecule has 2 nitrogen and oxygen atoms in total. The highest BCUT2D eigenvalue weighted by molar-refractivity contribution is 5.94. The van der Waals surface area contributed by atoms with Gasteiger partial charge in [-0.1, -0.05) is 66.7 Å². The molecule has 0 spiro atoms. The third kappa shape index (κ3) is 3.19. The number of carbonyl (C=O) groups is 1. The number of hydrogen-bond acceptors (Lipinski definition) is 2. The van der Waals surface area contributed by atoms with Crippen LogP contribution in [0, 0.1) is 40.4 Å². The molecule has 0 aliphatic heterocycles. The molecule has 4 aliphatic carbocycles. The predicted octanol–water partition coefficient (Wildman–Crippen LogP) is 6.71. The van der Waals surface area contributed by atoms with Crippen molar-refractivity contribution in [2.75, 3.05) is 0 Å². The molecule has 2 heteroatoms. The van der Waals surface area contributed by atoms with Gasteiger partial charge < -0.3 is 5.11 Å².